The van der Waals surface area contributed by atoms with Crippen LogP contribution in [0.2, 0.25) is 0 Å². The van der Waals surface area contributed by atoms with Gasteiger partial charge in [0.15, 0.2) is 14.9 Å². The second-order valence-corrected chi connectivity index (χ2v) is 7.64. The number of halogens is 1. The summed E-state index contributed by atoms with van der Waals surface area (Å²) in [6.07, 6.45) is 1.10. The maximum absolute atomic E-state index is 13.5. The first kappa shape index (κ1) is 16.5. The lowest BCUT2D eigenvalue weighted by Gasteiger charge is -2.13. The third-order valence-corrected chi connectivity index (χ3v) is 4.60. The zero-order chi connectivity index (χ0) is 17.5. The van der Waals surface area contributed by atoms with E-state index in [1.807, 2.05) is 0 Å². The number of hydrogen-bond donors (Lipinski definition) is 1. The highest BCUT2D eigenvalue weighted by Gasteiger charge is 2.16. The van der Waals surface area contributed by atoms with Gasteiger partial charge in [0, 0.05) is 23.2 Å². The molecule has 2 N–H and O–H groups in total. The molecule has 0 spiro atoms. The van der Waals surface area contributed by atoms with Crippen LogP contribution in [-0.4, -0.2) is 24.6 Å². The van der Waals surface area contributed by atoms with Gasteiger partial charge in [-0.3, -0.25) is 4.98 Å². The topological polar surface area (TPSA) is 85.9 Å². The van der Waals surface area contributed by atoms with Crippen molar-refractivity contribution in [2.45, 2.75) is 18.0 Å². The van der Waals surface area contributed by atoms with Gasteiger partial charge in [-0.05, 0) is 43.3 Å². The van der Waals surface area contributed by atoms with E-state index in [0.29, 0.717) is 27.9 Å². The second-order valence-electron chi connectivity index (χ2n) is 5.68. The highest BCUT2D eigenvalue weighted by molar-refractivity contribution is 7.90. The van der Waals surface area contributed by atoms with Crippen molar-refractivity contribution in [1.82, 2.24) is 9.97 Å². The molecule has 0 bridgehead atoms. The monoisotopic (exact) mass is 345 g/mol. The van der Waals surface area contributed by atoms with E-state index in [1.165, 1.54) is 18.2 Å². The van der Waals surface area contributed by atoms with Crippen molar-refractivity contribution >= 4 is 20.7 Å². The highest BCUT2D eigenvalue weighted by Crippen LogP contribution is 2.29. The van der Waals surface area contributed by atoms with Gasteiger partial charge in [-0.2, -0.15) is 0 Å². The minimum absolute atomic E-state index is 0.0324. The average Bonchev–Trinajstić information content (AvgIpc) is 2.52. The van der Waals surface area contributed by atoms with Crippen LogP contribution in [0, 0.1) is 5.82 Å². The van der Waals surface area contributed by atoms with Crippen molar-refractivity contribution in [3.05, 3.63) is 54.0 Å². The number of sulfone groups is 1. The second kappa shape index (κ2) is 5.92. The summed E-state index contributed by atoms with van der Waals surface area (Å²) in [5, 5.41) is 0.566. The summed E-state index contributed by atoms with van der Waals surface area (Å²) in [7, 11) is -3.44. The molecule has 0 fully saturated rings. The predicted molar refractivity (Wildman–Crippen MR) is 90.6 cm³/mol. The van der Waals surface area contributed by atoms with Gasteiger partial charge < -0.3 is 5.73 Å². The fourth-order valence-corrected chi connectivity index (χ4v) is 3.08. The van der Waals surface area contributed by atoms with Crippen molar-refractivity contribution in [3.8, 4) is 11.3 Å². The lowest BCUT2D eigenvalue weighted by Crippen LogP contribution is -2.10. The summed E-state index contributed by atoms with van der Waals surface area (Å²) < 4.78 is 37.0. The van der Waals surface area contributed by atoms with E-state index in [-0.39, 0.29) is 10.8 Å². The van der Waals surface area contributed by atoms with Gasteiger partial charge in [0.05, 0.1) is 16.9 Å². The van der Waals surface area contributed by atoms with Crippen LogP contribution in [0.15, 0.2) is 47.5 Å². The Bertz CT molecular complexity index is 1030. The average molecular weight is 345 g/mol. The molecule has 0 aliphatic heterocycles. The molecule has 1 atom stereocenters. The fraction of sp³-hybridized carbons (Fsp3) is 0.176. The van der Waals surface area contributed by atoms with Gasteiger partial charge in [-0.15, -0.1) is 0 Å². The van der Waals surface area contributed by atoms with E-state index >= 15 is 0 Å². The maximum atomic E-state index is 13.5. The Hall–Kier alpha value is -2.38. The van der Waals surface area contributed by atoms with E-state index < -0.39 is 15.9 Å². The van der Waals surface area contributed by atoms with Crippen LogP contribution >= 0.6 is 0 Å². The van der Waals surface area contributed by atoms with Gasteiger partial charge in [0.25, 0.3) is 0 Å². The SMILES string of the molecule is CC(N)c1nc2ccc(F)cc2cc1-c1cccc(S(C)(=O)=O)n1. The number of nitrogens with two attached hydrogens (primary N) is 1. The van der Waals surface area contributed by atoms with Crippen LogP contribution in [0.5, 0.6) is 0 Å². The Kier molecular flexibility index (Phi) is 4.06. The molecule has 5 nitrogen and oxygen atoms in total. The standard InChI is InChI=1S/C17H16FN3O2S/c1-10(19)17-13(9-11-8-12(18)6-7-14(11)21-17)15-4-3-5-16(20-15)24(2,22)23/h3-10H,19H2,1-2H3. The molecule has 1 aromatic carbocycles. The Morgan fingerprint density at radius 3 is 2.54 bits per heavy atom. The molecule has 0 saturated heterocycles. The van der Waals surface area contributed by atoms with Crippen LogP contribution in [0.1, 0.15) is 18.7 Å². The van der Waals surface area contributed by atoms with Gasteiger partial charge in [0.1, 0.15) is 5.82 Å². The molecule has 3 aromatic rings. The molecule has 0 amide bonds. The molecule has 0 saturated carbocycles. The first-order valence-electron chi connectivity index (χ1n) is 7.29. The Morgan fingerprint density at radius 2 is 1.88 bits per heavy atom. The van der Waals surface area contributed by atoms with Crippen molar-refractivity contribution in [1.29, 1.82) is 0 Å². The maximum Gasteiger partial charge on any atom is 0.192 e. The molecule has 24 heavy (non-hydrogen) atoms. The van der Waals surface area contributed by atoms with E-state index in [9.17, 15) is 12.8 Å². The van der Waals surface area contributed by atoms with Crippen molar-refractivity contribution in [2.75, 3.05) is 6.26 Å². The molecule has 3 rings (SSSR count). The number of fused-ring (bicyclic) bond motifs is 1. The number of benzene rings is 1. The summed E-state index contributed by atoms with van der Waals surface area (Å²) in [4.78, 5) is 8.71. The number of rotatable bonds is 3. The van der Waals surface area contributed by atoms with Gasteiger partial charge >= 0.3 is 0 Å². The Labute approximate surface area is 139 Å². The summed E-state index contributed by atoms with van der Waals surface area (Å²) in [6.45, 7) is 1.78. The summed E-state index contributed by atoms with van der Waals surface area (Å²) >= 11 is 0. The smallest absolute Gasteiger partial charge is 0.192 e. The molecule has 2 aromatic heterocycles. The molecule has 0 radical (unpaired) electrons. The molecule has 0 aliphatic carbocycles. The molecule has 1 unspecified atom stereocenters. The van der Waals surface area contributed by atoms with E-state index in [4.69, 9.17) is 5.73 Å². The number of nitrogens with zero attached hydrogens (tertiary/aromatic N) is 2. The normalized spacial score (nSPS) is 13.2. The lowest BCUT2D eigenvalue weighted by atomic mass is 10.0. The molecule has 124 valence electrons. The highest BCUT2D eigenvalue weighted by atomic mass is 32.2. The van der Waals surface area contributed by atoms with Gasteiger partial charge in [0.2, 0.25) is 0 Å². The summed E-state index contributed by atoms with van der Waals surface area (Å²) in [6, 6.07) is 10.4. The van der Waals surface area contributed by atoms with Crippen LogP contribution in [-0.2, 0) is 9.84 Å². The Balaban J connectivity index is 2.30. The summed E-state index contributed by atoms with van der Waals surface area (Å²) in [5.41, 5.74) is 8.23. The fourth-order valence-electron chi connectivity index (χ4n) is 2.49. The van der Waals surface area contributed by atoms with Crippen LogP contribution in [0.3, 0.4) is 0 Å². The van der Waals surface area contributed by atoms with Crippen LogP contribution in [0.25, 0.3) is 22.2 Å². The molecule has 0 aliphatic rings. The zero-order valence-electron chi connectivity index (χ0n) is 13.2. The quantitative estimate of drug-likeness (QED) is 0.789. The first-order chi connectivity index (χ1) is 11.3. The van der Waals surface area contributed by atoms with E-state index in [1.54, 1.807) is 31.2 Å². The minimum atomic E-state index is -3.44. The third kappa shape index (κ3) is 3.13. The third-order valence-electron chi connectivity index (χ3n) is 3.62. The largest absolute Gasteiger partial charge is 0.323 e. The Morgan fingerprint density at radius 1 is 1.12 bits per heavy atom. The van der Waals surface area contributed by atoms with Gasteiger partial charge in [-0.25, -0.2) is 17.8 Å². The first-order valence-corrected chi connectivity index (χ1v) is 9.18. The number of pyridine rings is 2. The minimum Gasteiger partial charge on any atom is -0.323 e. The van der Waals surface area contributed by atoms with Crippen molar-refractivity contribution in [2.24, 2.45) is 5.73 Å². The van der Waals surface area contributed by atoms with E-state index in [0.717, 1.165) is 6.26 Å². The zero-order valence-corrected chi connectivity index (χ0v) is 14.0. The number of aromatic nitrogens is 2. The molecule has 2 heterocycles. The molecular formula is C17H16FN3O2S. The van der Waals surface area contributed by atoms with Crippen LogP contribution < -0.4 is 5.73 Å². The molecular weight excluding hydrogens is 329 g/mol. The van der Waals surface area contributed by atoms with Crippen molar-refractivity contribution in [3.63, 3.8) is 0 Å². The summed E-state index contributed by atoms with van der Waals surface area (Å²) in [5.74, 6) is -0.373. The number of hydrogen-bond acceptors (Lipinski definition) is 5. The molecule has 7 heteroatoms. The van der Waals surface area contributed by atoms with Crippen molar-refractivity contribution < 1.29 is 12.8 Å². The van der Waals surface area contributed by atoms with E-state index in [2.05, 4.69) is 9.97 Å². The predicted octanol–water partition coefficient (Wildman–Crippen LogP) is 2.86. The van der Waals surface area contributed by atoms with Gasteiger partial charge in [-0.1, -0.05) is 6.07 Å². The van der Waals surface area contributed by atoms with Crippen LogP contribution in [0.4, 0.5) is 4.39 Å². The lowest BCUT2D eigenvalue weighted by molar-refractivity contribution is 0.598.